The fourth-order valence-electron chi connectivity index (χ4n) is 4.58. The molecule has 0 heterocycles. The molecule has 0 aromatic heterocycles. The summed E-state index contributed by atoms with van der Waals surface area (Å²) >= 11 is 0. The molecule has 4 aromatic rings. The molecule has 0 saturated carbocycles. The molecule has 0 spiro atoms. The van der Waals surface area contributed by atoms with E-state index in [0.717, 1.165) is 48.5 Å². The van der Waals surface area contributed by atoms with Crippen molar-refractivity contribution < 1.29 is 35.8 Å². The van der Waals surface area contributed by atoms with E-state index in [2.05, 4.69) is 9.98 Å². The molecule has 0 aliphatic rings. The summed E-state index contributed by atoms with van der Waals surface area (Å²) in [6.45, 7) is 3.99. The Morgan fingerprint density at radius 3 is 1.12 bits per heavy atom. The van der Waals surface area contributed by atoms with Gasteiger partial charge in [0.05, 0.1) is 24.6 Å². The normalized spacial score (nSPS) is 13.1. The zero-order valence-electron chi connectivity index (χ0n) is 23.3. The van der Waals surface area contributed by atoms with Crippen molar-refractivity contribution in [3.8, 4) is 0 Å². The van der Waals surface area contributed by atoms with Crippen LogP contribution in [0.3, 0.4) is 0 Å². The van der Waals surface area contributed by atoms with E-state index in [4.69, 9.17) is 9.47 Å². The summed E-state index contributed by atoms with van der Waals surface area (Å²) in [6, 6.07) is 25.1. The number of aliphatic imine (C=N–C) groups is 2. The molecule has 0 unspecified atom stereocenters. The van der Waals surface area contributed by atoms with Gasteiger partial charge in [0, 0.05) is 11.1 Å². The maximum absolute atomic E-state index is 14.7. The monoisotopic (exact) mass is 598 g/mol. The van der Waals surface area contributed by atoms with Crippen LogP contribution in [0.4, 0.5) is 37.7 Å². The zero-order valence-corrected chi connectivity index (χ0v) is 23.3. The van der Waals surface area contributed by atoms with Crippen LogP contribution in [0.1, 0.15) is 36.1 Å². The number of hydrogen-bond donors (Lipinski definition) is 0. The van der Waals surface area contributed by atoms with Gasteiger partial charge in [-0.25, -0.2) is 9.98 Å². The van der Waals surface area contributed by atoms with Crippen molar-refractivity contribution >= 4 is 23.2 Å². The Balaban J connectivity index is 1.78. The highest BCUT2D eigenvalue weighted by atomic mass is 19.4. The van der Waals surface area contributed by atoms with E-state index in [9.17, 15) is 26.3 Å². The van der Waals surface area contributed by atoms with Gasteiger partial charge in [-0.15, -0.1) is 0 Å². The predicted molar refractivity (Wildman–Crippen MR) is 154 cm³/mol. The lowest BCUT2D eigenvalue weighted by molar-refractivity contribution is -0.288. The van der Waals surface area contributed by atoms with Crippen LogP contribution in [0, 0.1) is 0 Å². The van der Waals surface area contributed by atoms with Gasteiger partial charge >= 0.3 is 12.4 Å². The summed E-state index contributed by atoms with van der Waals surface area (Å²) in [5.74, 6) is 0.374. The molecule has 4 nitrogen and oxygen atoms in total. The molecule has 0 saturated heterocycles. The topological polar surface area (TPSA) is 43.2 Å². The molecule has 0 aliphatic carbocycles. The van der Waals surface area contributed by atoms with E-state index < -0.39 is 28.9 Å². The third-order valence-corrected chi connectivity index (χ3v) is 6.52. The highest BCUT2D eigenvalue weighted by Gasteiger charge is 2.72. The standard InChI is InChI=1S/C33H28F6N2O2/c1-3-42-29(23-11-7-5-8-12-23)40-27-19-15-25(16-20-27)31(32(34,35)36,33(37,38)39)26-17-21-28(22-18-26)41-30(43-4-2)24-13-9-6-10-14-24/h5-22H,3-4H2,1-2H3/b40-29-,41-30-. The molecule has 0 N–H and O–H groups in total. The maximum atomic E-state index is 14.7. The molecular formula is C33H28F6N2O2. The average Bonchev–Trinajstić information content (AvgIpc) is 2.98. The Morgan fingerprint density at radius 2 is 0.837 bits per heavy atom. The highest BCUT2D eigenvalue weighted by molar-refractivity contribution is 5.96. The third kappa shape index (κ3) is 6.74. The molecule has 10 heteroatoms. The van der Waals surface area contributed by atoms with Crippen molar-refractivity contribution in [1.29, 1.82) is 0 Å². The number of rotatable bonds is 8. The van der Waals surface area contributed by atoms with Crippen molar-refractivity contribution in [1.82, 2.24) is 0 Å². The number of nitrogens with zero attached hydrogens (tertiary/aromatic N) is 2. The molecule has 0 fully saturated rings. The number of ether oxygens (including phenoxy) is 2. The minimum absolute atomic E-state index is 0.128. The van der Waals surface area contributed by atoms with Crippen LogP contribution in [-0.2, 0) is 14.9 Å². The van der Waals surface area contributed by atoms with Gasteiger partial charge in [-0.2, -0.15) is 26.3 Å². The molecule has 4 aromatic carbocycles. The minimum Gasteiger partial charge on any atom is -0.478 e. The van der Waals surface area contributed by atoms with E-state index in [0.29, 0.717) is 11.1 Å². The SMILES string of the molecule is CCO/C(=N\c1ccc(C(c2ccc(/N=C(\OCC)c3ccccc3)cc2)(C(F)(F)F)C(F)(F)F)cc1)c1ccccc1. The van der Waals surface area contributed by atoms with Crippen LogP contribution in [-0.4, -0.2) is 37.4 Å². The van der Waals surface area contributed by atoms with Crippen LogP contribution >= 0.6 is 0 Å². The summed E-state index contributed by atoms with van der Waals surface area (Å²) in [5, 5.41) is 0. The van der Waals surface area contributed by atoms with Gasteiger partial charge in [-0.05, 0) is 73.5 Å². The molecule has 0 atom stereocenters. The molecule has 0 radical (unpaired) electrons. The van der Waals surface area contributed by atoms with Gasteiger partial charge in [0.2, 0.25) is 17.2 Å². The first kappa shape index (κ1) is 31.3. The first-order valence-electron chi connectivity index (χ1n) is 13.4. The molecule has 0 bridgehead atoms. The Kier molecular flexibility index (Phi) is 9.58. The van der Waals surface area contributed by atoms with Crippen molar-refractivity contribution in [3.63, 3.8) is 0 Å². The molecule has 4 rings (SSSR count). The summed E-state index contributed by atoms with van der Waals surface area (Å²) in [5.41, 5.74) is -4.84. The van der Waals surface area contributed by atoms with Gasteiger partial charge < -0.3 is 9.47 Å². The van der Waals surface area contributed by atoms with E-state index in [-0.39, 0.29) is 36.4 Å². The van der Waals surface area contributed by atoms with Gasteiger partial charge in [-0.3, -0.25) is 0 Å². The van der Waals surface area contributed by atoms with Crippen LogP contribution in [0.25, 0.3) is 0 Å². The second-order valence-electron chi connectivity index (χ2n) is 9.27. The van der Waals surface area contributed by atoms with Crippen molar-refractivity contribution in [2.75, 3.05) is 13.2 Å². The highest BCUT2D eigenvalue weighted by Crippen LogP contribution is 2.56. The van der Waals surface area contributed by atoms with Crippen LogP contribution in [0.5, 0.6) is 0 Å². The van der Waals surface area contributed by atoms with Gasteiger partial charge in [0.15, 0.2) is 0 Å². The van der Waals surface area contributed by atoms with Crippen molar-refractivity contribution in [3.05, 3.63) is 131 Å². The minimum atomic E-state index is -5.73. The fourth-order valence-corrected chi connectivity index (χ4v) is 4.58. The number of benzene rings is 4. The lowest BCUT2D eigenvalue weighted by Crippen LogP contribution is -2.54. The van der Waals surface area contributed by atoms with Gasteiger partial charge in [0.1, 0.15) is 0 Å². The van der Waals surface area contributed by atoms with E-state index in [1.807, 2.05) is 0 Å². The Labute approximate surface area is 245 Å². The Bertz CT molecular complexity index is 1410. The van der Waals surface area contributed by atoms with Crippen LogP contribution in [0.15, 0.2) is 119 Å². The van der Waals surface area contributed by atoms with E-state index in [1.165, 1.54) is 0 Å². The van der Waals surface area contributed by atoms with Crippen molar-refractivity contribution in [2.24, 2.45) is 9.98 Å². The molecule has 224 valence electrons. The van der Waals surface area contributed by atoms with Crippen LogP contribution < -0.4 is 0 Å². The van der Waals surface area contributed by atoms with Gasteiger partial charge in [0.25, 0.3) is 0 Å². The number of hydrogen-bond acceptors (Lipinski definition) is 4. The molecule has 0 amide bonds. The first-order valence-corrected chi connectivity index (χ1v) is 13.4. The lowest BCUT2D eigenvalue weighted by Gasteiger charge is -2.38. The summed E-state index contributed by atoms with van der Waals surface area (Å²) in [7, 11) is 0. The second-order valence-corrected chi connectivity index (χ2v) is 9.27. The average molecular weight is 599 g/mol. The van der Waals surface area contributed by atoms with Crippen LogP contribution in [0.2, 0.25) is 0 Å². The van der Waals surface area contributed by atoms with Crippen molar-refractivity contribution in [2.45, 2.75) is 31.6 Å². The van der Waals surface area contributed by atoms with Gasteiger partial charge in [-0.1, -0.05) is 60.7 Å². The van der Waals surface area contributed by atoms with E-state index >= 15 is 0 Å². The number of halogens is 6. The quantitative estimate of drug-likeness (QED) is 0.115. The number of alkyl halides is 6. The lowest BCUT2D eigenvalue weighted by atomic mass is 9.73. The summed E-state index contributed by atoms with van der Waals surface area (Å²) in [4.78, 5) is 8.65. The Morgan fingerprint density at radius 1 is 0.512 bits per heavy atom. The fraction of sp³-hybridized carbons (Fsp3) is 0.212. The largest absolute Gasteiger partial charge is 0.478 e. The molecule has 43 heavy (non-hydrogen) atoms. The Hall–Kier alpha value is -4.60. The third-order valence-electron chi connectivity index (χ3n) is 6.52. The predicted octanol–water partition coefficient (Wildman–Crippen LogP) is 9.33. The molecular weight excluding hydrogens is 570 g/mol. The summed E-state index contributed by atoms with van der Waals surface area (Å²) < 4.78 is 99.3. The first-order chi connectivity index (χ1) is 20.5. The second kappa shape index (κ2) is 13.1. The smallest absolute Gasteiger partial charge is 0.411 e. The maximum Gasteiger partial charge on any atom is 0.411 e. The summed E-state index contributed by atoms with van der Waals surface area (Å²) in [6.07, 6.45) is -11.5. The molecule has 0 aliphatic heterocycles. The zero-order chi connectivity index (χ0) is 31.1. The van der Waals surface area contributed by atoms with E-state index in [1.54, 1.807) is 74.5 Å².